The van der Waals surface area contributed by atoms with Gasteiger partial charge in [-0.05, 0) is 24.6 Å². The van der Waals surface area contributed by atoms with Crippen LogP contribution in [0.5, 0.6) is 0 Å². The molecule has 3 heteroatoms. The Morgan fingerprint density at radius 1 is 1.47 bits per heavy atom. The van der Waals surface area contributed by atoms with E-state index >= 15 is 0 Å². The third kappa shape index (κ3) is 5.07. The Hall–Kier alpha value is -0.700. The number of anilines is 1. The van der Waals surface area contributed by atoms with E-state index in [-0.39, 0.29) is 5.82 Å². The van der Waals surface area contributed by atoms with Gasteiger partial charge in [0.25, 0.3) is 0 Å². The van der Waals surface area contributed by atoms with Crippen molar-refractivity contribution in [2.24, 2.45) is 0 Å². The van der Waals surface area contributed by atoms with E-state index in [0.717, 1.165) is 18.0 Å². The van der Waals surface area contributed by atoms with Gasteiger partial charge >= 0.3 is 0 Å². The second kappa shape index (κ2) is 6.72. The first-order valence-electron chi connectivity index (χ1n) is 5.33. The van der Waals surface area contributed by atoms with Gasteiger partial charge in [0, 0.05) is 23.2 Å². The molecule has 0 aromatic heterocycles. The summed E-state index contributed by atoms with van der Waals surface area (Å²) in [6.07, 6.45) is 1.20. The molecule has 1 nitrogen and oxygen atoms in total. The van der Waals surface area contributed by atoms with E-state index in [1.807, 2.05) is 17.8 Å². The smallest absolute Gasteiger partial charge is 0.125 e. The van der Waals surface area contributed by atoms with Gasteiger partial charge < -0.3 is 5.32 Å². The van der Waals surface area contributed by atoms with Crippen LogP contribution >= 0.6 is 11.8 Å². The Morgan fingerprint density at radius 2 is 2.27 bits per heavy atom. The molecular formula is C12H18FNS. The van der Waals surface area contributed by atoms with E-state index in [0.29, 0.717) is 5.25 Å². The molecule has 0 fully saturated rings. The van der Waals surface area contributed by atoms with E-state index in [4.69, 9.17) is 0 Å². The monoisotopic (exact) mass is 227 g/mol. The quantitative estimate of drug-likeness (QED) is 0.742. The molecular weight excluding hydrogens is 209 g/mol. The first kappa shape index (κ1) is 12.4. The van der Waals surface area contributed by atoms with Gasteiger partial charge in [0.1, 0.15) is 5.82 Å². The van der Waals surface area contributed by atoms with Crippen LogP contribution in [-0.4, -0.2) is 17.5 Å². The third-order valence-electron chi connectivity index (χ3n) is 2.23. The SMILES string of the molecule is CCC(C)SCCNc1cccc(F)c1. The summed E-state index contributed by atoms with van der Waals surface area (Å²) >= 11 is 1.94. The molecule has 0 aliphatic heterocycles. The summed E-state index contributed by atoms with van der Waals surface area (Å²) in [6, 6.07) is 6.59. The van der Waals surface area contributed by atoms with Crippen molar-refractivity contribution >= 4 is 17.4 Å². The van der Waals surface area contributed by atoms with Crippen LogP contribution in [0.25, 0.3) is 0 Å². The molecule has 0 saturated heterocycles. The zero-order valence-corrected chi connectivity index (χ0v) is 10.1. The van der Waals surface area contributed by atoms with Crippen molar-refractivity contribution in [3.05, 3.63) is 30.1 Å². The zero-order valence-electron chi connectivity index (χ0n) is 9.29. The van der Waals surface area contributed by atoms with Crippen molar-refractivity contribution in [1.82, 2.24) is 0 Å². The number of benzene rings is 1. The van der Waals surface area contributed by atoms with Gasteiger partial charge in [0.2, 0.25) is 0 Å². The predicted octanol–water partition coefficient (Wildman–Crippen LogP) is 3.77. The minimum absolute atomic E-state index is 0.186. The fourth-order valence-electron chi connectivity index (χ4n) is 1.17. The largest absolute Gasteiger partial charge is 0.384 e. The topological polar surface area (TPSA) is 12.0 Å². The van der Waals surface area contributed by atoms with E-state index in [1.165, 1.54) is 18.6 Å². The molecule has 1 N–H and O–H groups in total. The summed E-state index contributed by atoms with van der Waals surface area (Å²) in [6.45, 7) is 5.31. The molecule has 0 aliphatic carbocycles. The Kier molecular flexibility index (Phi) is 5.54. The molecule has 0 amide bonds. The predicted molar refractivity (Wildman–Crippen MR) is 67.1 cm³/mol. The van der Waals surface area contributed by atoms with Crippen LogP contribution in [0.2, 0.25) is 0 Å². The Labute approximate surface area is 95.5 Å². The molecule has 0 radical (unpaired) electrons. The van der Waals surface area contributed by atoms with E-state index in [2.05, 4.69) is 19.2 Å². The lowest BCUT2D eigenvalue weighted by atomic mass is 10.3. The van der Waals surface area contributed by atoms with Crippen molar-refractivity contribution in [3.63, 3.8) is 0 Å². The molecule has 1 atom stereocenters. The molecule has 0 bridgehead atoms. The minimum Gasteiger partial charge on any atom is -0.384 e. The number of nitrogens with one attached hydrogen (secondary N) is 1. The lowest BCUT2D eigenvalue weighted by molar-refractivity contribution is 0.628. The summed E-state index contributed by atoms with van der Waals surface area (Å²) < 4.78 is 12.8. The van der Waals surface area contributed by atoms with E-state index in [9.17, 15) is 4.39 Å². The van der Waals surface area contributed by atoms with Gasteiger partial charge in [-0.15, -0.1) is 0 Å². The highest BCUT2D eigenvalue weighted by atomic mass is 32.2. The van der Waals surface area contributed by atoms with Crippen molar-refractivity contribution in [2.75, 3.05) is 17.6 Å². The van der Waals surface area contributed by atoms with Gasteiger partial charge in [-0.2, -0.15) is 11.8 Å². The first-order chi connectivity index (χ1) is 7.22. The highest BCUT2D eigenvalue weighted by molar-refractivity contribution is 7.99. The summed E-state index contributed by atoms with van der Waals surface area (Å²) in [5.74, 6) is 0.875. The number of rotatable bonds is 6. The van der Waals surface area contributed by atoms with Gasteiger partial charge in [-0.1, -0.05) is 19.9 Å². The maximum Gasteiger partial charge on any atom is 0.125 e. The van der Waals surface area contributed by atoms with Crippen LogP contribution in [0.3, 0.4) is 0 Å². The maximum absolute atomic E-state index is 12.8. The molecule has 1 rings (SSSR count). The van der Waals surface area contributed by atoms with Crippen LogP contribution in [0, 0.1) is 5.82 Å². The summed E-state index contributed by atoms with van der Waals surface area (Å²) in [7, 11) is 0. The van der Waals surface area contributed by atoms with Crippen LogP contribution in [0.1, 0.15) is 20.3 Å². The number of thioether (sulfide) groups is 1. The van der Waals surface area contributed by atoms with Crippen LogP contribution < -0.4 is 5.32 Å². The van der Waals surface area contributed by atoms with Gasteiger partial charge in [0.15, 0.2) is 0 Å². The fourth-order valence-corrected chi connectivity index (χ4v) is 2.03. The first-order valence-corrected chi connectivity index (χ1v) is 6.38. The molecule has 0 aliphatic rings. The normalized spacial score (nSPS) is 12.5. The standard InChI is InChI=1S/C12H18FNS/c1-3-10(2)15-8-7-14-12-6-4-5-11(13)9-12/h4-6,9-10,14H,3,7-8H2,1-2H3. The molecule has 1 aromatic carbocycles. The van der Waals surface area contributed by atoms with Gasteiger partial charge in [0.05, 0.1) is 0 Å². The molecule has 15 heavy (non-hydrogen) atoms. The van der Waals surface area contributed by atoms with Gasteiger partial charge in [-0.3, -0.25) is 0 Å². The average molecular weight is 227 g/mol. The number of hydrogen-bond donors (Lipinski definition) is 1. The van der Waals surface area contributed by atoms with Crippen LogP contribution in [0.15, 0.2) is 24.3 Å². The average Bonchev–Trinajstić information content (AvgIpc) is 2.24. The highest BCUT2D eigenvalue weighted by Gasteiger charge is 1.98. The lowest BCUT2D eigenvalue weighted by Crippen LogP contribution is -2.06. The highest BCUT2D eigenvalue weighted by Crippen LogP contribution is 2.14. The Morgan fingerprint density at radius 3 is 2.93 bits per heavy atom. The van der Waals surface area contributed by atoms with Gasteiger partial charge in [-0.25, -0.2) is 4.39 Å². The van der Waals surface area contributed by atoms with E-state index in [1.54, 1.807) is 6.07 Å². The van der Waals surface area contributed by atoms with Crippen molar-refractivity contribution in [2.45, 2.75) is 25.5 Å². The second-order valence-electron chi connectivity index (χ2n) is 3.53. The molecule has 84 valence electrons. The zero-order chi connectivity index (χ0) is 11.1. The summed E-state index contributed by atoms with van der Waals surface area (Å²) in [5, 5.41) is 3.91. The lowest BCUT2D eigenvalue weighted by Gasteiger charge is -2.09. The Bertz CT molecular complexity index is 291. The molecule has 1 aromatic rings. The molecule has 0 spiro atoms. The summed E-state index contributed by atoms with van der Waals surface area (Å²) in [4.78, 5) is 0. The fraction of sp³-hybridized carbons (Fsp3) is 0.500. The molecule has 0 saturated carbocycles. The van der Waals surface area contributed by atoms with Crippen LogP contribution in [0.4, 0.5) is 10.1 Å². The summed E-state index contributed by atoms with van der Waals surface area (Å²) in [5.41, 5.74) is 0.861. The number of halogens is 1. The minimum atomic E-state index is -0.186. The van der Waals surface area contributed by atoms with Crippen molar-refractivity contribution in [1.29, 1.82) is 0 Å². The number of hydrogen-bond acceptors (Lipinski definition) is 2. The second-order valence-corrected chi connectivity index (χ2v) is 5.07. The molecule has 1 unspecified atom stereocenters. The Balaban J connectivity index is 2.20. The van der Waals surface area contributed by atoms with Crippen molar-refractivity contribution < 1.29 is 4.39 Å². The maximum atomic E-state index is 12.8. The molecule has 0 heterocycles. The van der Waals surface area contributed by atoms with Crippen LogP contribution in [-0.2, 0) is 0 Å². The van der Waals surface area contributed by atoms with Crippen molar-refractivity contribution in [3.8, 4) is 0 Å². The van der Waals surface area contributed by atoms with E-state index < -0.39 is 0 Å². The third-order valence-corrected chi connectivity index (χ3v) is 3.58.